The molecule has 112 valence electrons. The Morgan fingerprint density at radius 3 is 1.68 bits per heavy atom. The summed E-state index contributed by atoms with van der Waals surface area (Å²) in [6.07, 6.45) is 10.6. The lowest BCUT2D eigenvalue weighted by molar-refractivity contribution is -0.141. The highest BCUT2D eigenvalue weighted by molar-refractivity contribution is 5.95. The summed E-state index contributed by atoms with van der Waals surface area (Å²) in [5, 5.41) is 8.73. The van der Waals surface area contributed by atoms with Gasteiger partial charge in [0.1, 0.15) is 12.2 Å². The molecule has 0 atom stereocenters. The maximum absolute atomic E-state index is 11.9. The van der Waals surface area contributed by atoms with Gasteiger partial charge >= 0.3 is 5.97 Å². The summed E-state index contributed by atoms with van der Waals surface area (Å²) in [5.41, 5.74) is 0. The highest BCUT2D eigenvalue weighted by Gasteiger charge is 2.19. The van der Waals surface area contributed by atoms with Gasteiger partial charge in [-0.15, -0.1) is 0 Å². The highest BCUT2D eigenvalue weighted by atomic mass is 16.4. The molecule has 3 heteroatoms. The van der Waals surface area contributed by atoms with Crippen molar-refractivity contribution in [1.29, 1.82) is 0 Å². The van der Waals surface area contributed by atoms with E-state index in [1.165, 1.54) is 25.7 Å². The summed E-state index contributed by atoms with van der Waals surface area (Å²) in [6.45, 7) is 4.33. The molecule has 0 amide bonds. The molecular formula is C16H30O3. The van der Waals surface area contributed by atoms with Crippen molar-refractivity contribution >= 4 is 11.8 Å². The number of hydrogen-bond acceptors (Lipinski definition) is 2. The van der Waals surface area contributed by atoms with Gasteiger partial charge in [0.2, 0.25) is 0 Å². The van der Waals surface area contributed by atoms with E-state index in [-0.39, 0.29) is 18.1 Å². The molecule has 0 aromatic heterocycles. The molecule has 0 saturated carbocycles. The lowest BCUT2D eigenvalue weighted by Gasteiger charge is -2.14. The number of carbonyl (C=O) groups is 2. The van der Waals surface area contributed by atoms with Gasteiger partial charge in [-0.25, -0.2) is 0 Å². The van der Waals surface area contributed by atoms with Crippen molar-refractivity contribution in [1.82, 2.24) is 0 Å². The van der Waals surface area contributed by atoms with Crippen LogP contribution in [0.25, 0.3) is 0 Å². The van der Waals surface area contributed by atoms with Crippen molar-refractivity contribution in [3.63, 3.8) is 0 Å². The number of carbonyl (C=O) groups excluding carboxylic acids is 1. The number of carboxylic acids is 1. The smallest absolute Gasteiger partial charge is 0.310 e. The summed E-state index contributed by atoms with van der Waals surface area (Å²) < 4.78 is 0. The van der Waals surface area contributed by atoms with Crippen molar-refractivity contribution in [2.24, 2.45) is 5.92 Å². The Hall–Kier alpha value is -0.860. The fraction of sp³-hybridized carbons (Fsp3) is 0.875. The number of hydrogen-bond donors (Lipinski definition) is 1. The van der Waals surface area contributed by atoms with Crippen LogP contribution in [0.15, 0.2) is 0 Å². The van der Waals surface area contributed by atoms with E-state index in [1.807, 2.05) is 0 Å². The number of carboxylic acid groups (broad SMARTS) is 1. The average Bonchev–Trinajstić information content (AvgIpc) is 2.36. The highest BCUT2D eigenvalue weighted by Crippen LogP contribution is 2.20. The first-order valence-corrected chi connectivity index (χ1v) is 7.86. The van der Waals surface area contributed by atoms with Gasteiger partial charge in [-0.3, -0.25) is 9.59 Å². The van der Waals surface area contributed by atoms with Crippen LogP contribution in [-0.2, 0) is 9.59 Å². The molecule has 0 aromatic carbocycles. The zero-order valence-electron chi connectivity index (χ0n) is 12.6. The minimum Gasteiger partial charge on any atom is -0.481 e. The van der Waals surface area contributed by atoms with Crippen LogP contribution in [0.5, 0.6) is 0 Å². The van der Waals surface area contributed by atoms with E-state index >= 15 is 0 Å². The molecule has 0 aliphatic heterocycles. The second-order valence-corrected chi connectivity index (χ2v) is 5.43. The first-order valence-electron chi connectivity index (χ1n) is 7.86. The number of aliphatic carboxylic acids is 1. The van der Waals surface area contributed by atoms with Crippen LogP contribution in [0.4, 0.5) is 0 Å². The Kier molecular flexibility index (Phi) is 11.6. The third-order valence-corrected chi connectivity index (χ3v) is 3.59. The van der Waals surface area contributed by atoms with E-state index in [1.54, 1.807) is 0 Å². The van der Waals surface area contributed by atoms with Crippen LogP contribution in [-0.4, -0.2) is 16.9 Å². The summed E-state index contributed by atoms with van der Waals surface area (Å²) in [7, 11) is 0. The second kappa shape index (κ2) is 12.2. The number of ketones is 1. The molecule has 1 N–H and O–H groups in total. The fourth-order valence-electron chi connectivity index (χ4n) is 2.39. The van der Waals surface area contributed by atoms with Crippen LogP contribution >= 0.6 is 0 Å². The standard InChI is InChI=1S/C16H30O3/c1-3-5-7-9-11-14(12-10-8-6-4-2)15(17)13-16(18)19/h14H,3-13H2,1-2H3,(H,18,19). The molecule has 0 bridgehead atoms. The van der Waals surface area contributed by atoms with Gasteiger partial charge in [-0.2, -0.15) is 0 Å². The molecule has 0 unspecified atom stereocenters. The molecule has 0 rings (SSSR count). The molecule has 0 saturated heterocycles. The Balaban J connectivity index is 4.05. The fourth-order valence-corrected chi connectivity index (χ4v) is 2.39. The third kappa shape index (κ3) is 10.7. The Labute approximate surface area is 117 Å². The SMILES string of the molecule is CCCCCCC(CCCCCC)C(=O)CC(=O)O. The van der Waals surface area contributed by atoms with Gasteiger partial charge in [-0.1, -0.05) is 65.2 Å². The van der Waals surface area contributed by atoms with Crippen LogP contribution in [0.3, 0.4) is 0 Å². The molecule has 0 aromatic rings. The molecule has 3 nitrogen and oxygen atoms in total. The first-order chi connectivity index (χ1) is 9.11. The quantitative estimate of drug-likeness (QED) is 0.393. The molecule has 0 aliphatic rings. The Bertz CT molecular complexity index is 236. The topological polar surface area (TPSA) is 54.4 Å². The van der Waals surface area contributed by atoms with Crippen LogP contribution < -0.4 is 0 Å². The van der Waals surface area contributed by atoms with Crippen LogP contribution in [0, 0.1) is 5.92 Å². The minimum atomic E-state index is -0.989. The predicted octanol–water partition coefficient (Wildman–Crippen LogP) is 4.59. The van der Waals surface area contributed by atoms with Gasteiger partial charge in [0.05, 0.1) is 0 Å². The number of Topliss-reactive ketones (excluding diaryl/α,β-unsaturated/α-hetero) is 1. The van der Waals surface area contributed by atoms with Crippen molar-refractivity contribution in [3.8, 4) is 0 Å². The predicted molar refractivity (Wildman–Crippen MR) is 78.3 cm³/mol. The van der Waals surface area contributed by atoms with Crippen LogP contribution in [0.2, 0.25) is 0 Å². The number of unbranched alkanes of at least 4 members (excludes halogenated alkanes) is 6. The number of rotatable bonds is 13. The lowest BCUT2D eigenvalue weighted by atomic mass is 9.89. The average molecular weight is 270 g/mol. The van der Waals surface area contributed by atoms with E-state index in [0.717, 1.165) is 38.5 Å². The van der Waals surface area contributed by atoms with Gasteiger partial charge in [-0.05, 0) is 12.8 Å². The zero-order chi connectivity index (χ0) is 14.5. The van der Waals surface area contributed by atoms with Crippen molar-refractivity contribution in [3.05, 3.63) is 0 Å². The van der Waals surface area contributed by atoms with E-state index in [0.29, 0.717) is 0 Å². The summed E-state index contributed by atoms with van der Waals surface area (Å²) >= 11 is 0. The van der Waals surface area contributed by atoms with Gasteiger partial charge in [0.25, 0.3) is 0 Å². The summed E-state index contributed by atoms with van der Waals surface area (Å²) in [4.78, 5) is 22.5. The third-order valence-electron chi connectivity index (χ3n) is 3.59. The van der Waals surface area contributed by atoms with E-state index in [9.17, 15) is 9.59 Å². The lowest BCUT2D eigenvalue weighted by Crippen LogP contribution is -2.18. The van der Waals surface area contributed by atoms with Gasteiger partial charge < -0.3 is 5.11 Å². The van der Waals surface area contributed by atoms with E-state index in [4.69, 9.17) is 5.11 Å². The first kappa shape index (κ1) is 18.1. The molecule has 0 heterocycles. The Morgan fingerprint density at radius 2 is 1.32 bits per heavy atom. The maximum atomic E-state index is 11.9. The molecule has 0 fully saturated rings. The van der Waals surface area contributed by atoms with E-state index < -0.39 is 5.97 Å². The van der Waals surface area contributed by atoms with Crippen molar-refractivity contribution in [2.75, 3.05) is 0 Å². The van der Waals surface area contributed by atoms with Gasteiger partial charge in [0, 0.05) is 5.92 Å². The monoisotopic (exact) mass is 270 g/mol. The molecule has 0 spiro atoms. The molecule has 19 heavy (non-hydrogen) atoms. The molecule has 0 aliphatic carbocycles. The molecule has 0 radical (unpaired) electrons. The summed E-state index contributed by atoms with van der Waals surface area (Å²) in [5.74, 6) is -1.08. The van der Waals surface area contributed by atoms with E-state index in [2.05, 4.69) is 13.8 Å². The van der Waals surface area contributed by atoms with Crippen molar-refractivity contribution < 1.29 is 14.7 Å². The van der Waals surface area contributed by atoms with Gasteiger partial charge in [0.15, 0.2) is 0 Å². The largest absolute Gasteiger partial charge is 0.481 e. The minimum absolute atomic E-state index is 0.0233. The maximum Gasteiger partial charge on any atom is 0.310 e. The van der Waals surface area contributed by atoms with Crippen molar-refractivity contribution in [2.45, 2.75) is 84.5 Å². The van der Waals surface area contributed by atoms with Crippen LogP contribution in [0.1, 0.15) is 84.5 Å². The normalized spacial score (nSPS) is 10.9. The zero-order valence-corrected chi connectivity index (χ0v) is 12.6. The Morgan fingerprint density at radius 1 is 0.842 bits per heavy atom. The summed E-state index contributed by atoms with van der Waals surface area (Å²) in [6, 6.07) is 0. The second-order valence-electron chi connectivity index (χ2n) is 5.43. The molecular weight excluding hydrogens is 240 g/mol.